The first-order chi connectivity index (χ1) is 30.8. The minimum atomic E-state index is -5.64. The minimum Gasteiger partial charge on any atom is -0.382 e. The monoisotopic (exact) mass is 1000 g/mol. The van der Waals surface area contributed by atoms with Crippen molar-refractivity contribution in [2.45, 2.75) is 100 Å². The molecule has 8 heterocycles. The highest BCUT2D eigenvalue weighted by Gasteiger charge is 2.52. The van der Waals surface area contributed by atoms with Gasteiger partial charge in [0, 0.05) is 13.2 Å². The standard InChI is InChI=1S/C32H46F2N10O17P4/c33-21-25(59-19-5-1-3-7-53-19)17(57-31(21)43-13-41-23-27(35)37-11-39-29(23)43)9-55-62(45,46)15-64(49,50)61-65(51,52)16-63(47,48)56-10-18-26(60-20-6-2-4-8-54-20)22(34)32(58-18)44-14-42-24-28(36)38-12-40-30(24)44/h11-14,17-22,25-26,31-32H,1-10,15-16H2,(H,45,46)(H,47,48)(H,49,50)(H,51,52)(H2,35,37,39)(H2,36,38,40)/t17-,18-,19?,20?,21+,22+,25-,26-,31-,32-/m1/s1. The molecule has 65 heavy (non-hydrogen) atoms. The molecule has 0 amide bonds. The zero-order valence-electron chi connectivity index (χ0n) is 33.9. The largest absolute Gasteiger partial charge is 0.382 e. The molecule has 4 aromatic heterocycles. The summed E-state index contributed by atoms with van der Waals surface area (Å²) in [7, 11) is -21.9. The predicted molar refractivity (Wildman–Crippen MR) is 216 cm³/mol. The van der Waals surface area contributed by atoms with Crippen molar-refractivity contribution in [3.8, 4) is 0 Å². The van der Waals surface area contributed by atoms with Crippen LogP contribution in [0.5, 0.6) is 0 Å². The van der Waals surface area contributed by atoms with Gasteiger partial charge < -0.3 is 68.5 Å². The fourth-order valence-corrected chi connectivity index (χ4v) is 15.7. The van der Waals surface area contributed by atoms with E-state index < -0.39 is 117 Å². The summed E-state index contributed by atoms with van der Waals surface area (Å²) in [6.45, 7) is -1.21. The maximum Gasteiger partial charge on any atom is 0.347 e. The molecule has 8 rings (SSSR count). The van der Waals surface area contributed by atoms with Crippen LogP contribution in [0.2, 0.25) is 0 Å². The second-order valence-electron chi connectivity index (χ2n) is 15.5. The third-order valence-electron chi connectivity index (χ3n) is 10.6. The Morgan fingerprint density at radius 2 is 1.05 bits per heavy atom. The molecule has 0 bridgehead atoms. The number of halogens is 2. The van der Waals surface area contributed by atoms with Crippen LogP contribution in [0, 0.1) is 0 Å². The lowest BCUT2D eigenvalue weighted by Gasteiger charge is -2.29. The number of fused-ring (bicyclic) bond motifs is 2. The summed E-state index contributed by atoms with van der Waals surface area (Å²) in [5.41, 5.74) is 12.2. The fraction of sp³-hybridized carbons (Fsp3) is 0.688. The van der Waals surface area contributed by atoms with Crippen molar-refractivity contribution < 1.29 is 88.4 Å². The molecule has 0 radical (unpaired) electrons. The number of nitrogen functional groups attached to an aromatic ring is 2. The molecular weight excluding hydrogens is 958 g/mol. The molecule has 0 aliphatic carbocycles. The van der Waals surface area contributed by atoms with Gasteiger partial charge in [0.1, 0.15) is 48.1 Å². The highest BCUT2D eigenvalue weighted by molar-refractivity contribution is 7.78. The number of nitrogens with two attached hydrogens (primary N) is 2. The SMILES string of the molecule is Nc1ncnc2c1ncn2[C@@H]1O[C@H](COP(=O)(O)CP(=O)(O)OP(=O)(O)CP(=O)(O)OC[C@H]2O[C@@H](n3cnc4c(N)ncnc43)[C@@H](F)[C@@H]2OC2CCCCO2)[C@@H](OC2CCCCO2)[C@@H]1F. The number of nitrogens with zero attached hydrogens (tertiary/aromatic N) is 8. The van der Waals surface area contributed by atoms with Crippen molar-refractivity contribution >= 4 is 64.3 Å². The summed E-state index contributed by atoms with van der Waals surface area (Å²) in [6, 6.07) is 0. The zero-order chi connectivity index (χ0) is 46.3. The van der Waals surface area contributed by atoms with Gasteiger partial charge in [0.05, 0.1) is 25.9 Å². The minimum absolute atomic E-state index is 0.000729. The molecular formula is C32H46F2N10O17P4. The number of hydrogen-bond donors (Lipinski definition) is 6. The molecule has 4 aliphatic rings. The van der Waals surface area contributed by atoms with Gasteiger partial charge in [-0.05, 0) is 38.5 Å². The van der Waals surface area contributed by atoms with Gasteiger partial charge in [0.15, 0.2) is 72.1 Å². The van der Waals surface area contributed by atoms with Crippen LogP contribution in [-0.4, -0.2) is 146 Å². The topological polar surface area (TPSA) is 372 Å². The molecule has 14 atom stereocenters. The third kappa shape index (κ3) is 11.3. The molecule has 27 nitrogen and oxygen atoms in total. The number of aromatic nitrogens is 8. The second kappa shape index (κ2) is 19.5. The smallest absolute Gasteiger partial charge is 0.347 e. The summed E-state index contributed by atoms with van der Waals surface area (Å²) in [5, 5.41) is 0. The molecule has 6 unspecified atom stereocenters. The van der Waals surface area contributed by atoms with Gasteiger partial charge in [0.25, 0.3) is 0 Å². The lowest BCUT2D eigenvalue weighted by molar-refractivity contribution is -0.205. The normalized spacial score (nSPS) is 32.5. The van der Waals surface area contributed by atoms with Crippen molar-refractivity contribution in [3.63, 3.8) is 0 Å². The molecule has 0 spiro atoms. The number of imidazole rings is 2. The Balaban J connectivity index is 0.895. The fourth-order valence-electron chi connectivity index (χ4n) is 7.69. The van der Waals surface area contributed by atoms with E-state index in [0.29, 0.717) is 38.9 Å². The van der Waals surface area contributed by atoms with E-state index in [-0.39, 0.29) is 34.0 Å². The lowest BCUT2D eigenvalue weighted by atomic mass is 10.1. The van der Waals surface area contributed by atoms with E-state index in [2.05, 4.69) is 34.2 Å². The van der Waals surface area contributed by atoms with Crippen LogP contribution < -0.4 is 11.5 Å². The zero-order valence-corrected chi connectivity index (χ0v) is 37.5. The molecule has 4 aliphatic heterocycles. The van der Waals surface area contributed by atoms with E-state index in [9.17, 15) is 37.8 Å². The average molecular weight is 1000 g/mol. The second-order valence-corrected chi connectivity index (χ2v) is 24.0. The molecule has 4 fully saturated rings. The molecule has 8 N–H and O–H groups in total. The maximum absolute atomic E-state index is 16.2. The van der Waals surface area contributed by atoms with Crippen molar-refractivity contribution in [2.75, 3.05) is 49.7 Å². The van der Waals surface area contributed by atoms with Crippen LogP contribution in [0.25, 0.3) is 22.3 Å². The summed E-state index contributed by atoms with van der Waals surface area (Å²) < 4.78 is 137. The molecule has 0 saturated carbocycles. The van der Waals surface area contributed by atoms with Crippen LogP contribution in [0.3, 0.4) is 0 Å². The van der Waals surface area contributed by atoms with Gasteiger partial charge in [-0.15, -0.1) is 0 Å². The molecule has 33 heteroatoms. The van der Waals surface area contributed by atoms with E-state index in [1.54, 1.807) is 0 Å². The number of alkyl halides is 2. The Morgan fingerprint density at radius 1 is 0.631 bits per heavy atom. The maximum atomic E-state index is 16.2. The van der Waals surface area contributed by atoms with Gasteiger partial charge in [-0.1, -0.05) is 0 Å². The molecule has 4 saturated heterocycles. The summed E-state index contributed by atoms with van der Waals surface area (Å²) >= 11 is 0. The molecule has 4 aromatic rings. The van der Waals surface area contributed by atoms with Crippen molar-refractivity contribution in [3.05, 3.63) is 25.3 Å². The van der Waals surface area contributed by atoms with Crippen LogP contribution in [0.15, 0.2) is 25.3 Å². The van der Waals surface area contributed by atoms with E-state index in [0.717, 1.165) is 25.5 Å². The molecule has 360 valence electrons. The Kier molecular flexibility index (Phi) is 14.5. The van der Waals surface area contributed by atoms with Gasteiger partial charge in [-0.25, -0.2) is 43.0 Å². The van der Waals surface area contributed by atoms with E-state index >= 15 is 8.78 Å². The number of ether oxygens (including phenoxy) is 6. The summed E-state index contributed by atoms with van der Waals surface area (Å²) in [5.74, 6) is -3.62. The van der Waals surface area contributed by atoms with Crippen LogP contribution in [-0.2, 0) is 60.0 Å². The van der Waals surface area contributed by atoms with Crippen molar-refractivity contribution in [1.82, 2.24) is 39.0 Å². The van der Waals surface area contributed by atoms with Crippen LogP contribution in [0.1, 0.15) is 51.0 Å². The average Bonchev–Trinajstić information content (AvgIpc) is 4.01. The molecule has 0 aromatic carbocycles. The number of hydrogen-bond acceptors (Lipinski definition) is 21. The highest BCUT2D eigenvalue weighted by Crippen LogP contribution is 2.69. The highest BCUT2D eigenvalue weighted by atomic mass is 31.3. The quantitative estimate of drug-likeness (QED) is 0.0780. The van der Waals surface area contributed by atoms with Gasteiger partial charge in [0.2, 0.25) is 0 Å². The van der Waals surface area contributed by atoms with E-state index in [1.165, 1.54) is 21.8 Å². The Morgan fingerprint density at radius 3 is 1.43 bits per heavy atom. The Labute approximate surface area is 366 Å². The Hall–Kier alpha value is -3.04. The van der Waals surface area contributed by atoms with E-state index in [4.69, 9.17) is 48.9 Å². The van der Waals surface area contributed by atoms with Crippen molar-refractivity contribution in [2.24, 2.45) is 0 Å². The third-order valence-corrected chi connectivity index (χ3v) is 19.5. The first kappa shape index (κ1) is 48.4. The first-order valence-electron chi connectivity index (χ1n) is 20.1. The lowest BCUT2D eigenvalue weighted by Crippen LogP contribution is -2.39. The van der Waals surface area contributed by atoms with Gasteiger partial charge >= 0.3 is 30.4 Å². The predicted octanol–water partition coefficient (Wildman–Crippen LogP) is 2.83. The number of rotatable bonds is 18. The van der Waals surface area contributed by atoms with Crippen LogP contribution in [0.4, 0.5) is 20.4 Å². The first-order valence-corrected chi connectivity index (χ1v) is 27.1. The summed E-state index contributed by atoms with van der Waals surface area (Å²) in [6.07, 6.45) is -6.33. The number of anilines is 2. The van der Waals surface area contributed by atoms with Crippen molar-refractivity contribution in [1.29, 1.82) is 0 Å². The van der Waals surface area contributed by atoms with E-state index in [1.807, 2.05) is 0 Å². The summed E-state index contributed by atoms with van der Waals surface area (Å²) in [4.78, 5) is 66.4. The van der Waals surface area contributed by atoms with Gasteiger partial charge in [-0.3, -0.25) is 27.4 Å². The Bertz CT molecular complexity index is 2350. The van der Waals surface area contributed by atoms with Gasteiger partial charge in [-0.2, -0.15) is 0 Å². The van der Waals surface area contributed by atoms with Crippen LogP contribution >= 0.6 is 30.4 Å².